The van der Waals surface area contributed by atoms with E-state index in [0.29, 0.717) is 11.7 Å². The molecule has 1 N–H and O–H groups in total. The van der Waals surface area contributed by atoms with Gasteiger partial charge in [0.2, 0.25) is 0 Å². The van der Waals surface area contributed by atoms with Crippen molar-refractivity contribution in [1.29, 1.82) is 0 Å². The van der Waals surface area contributed by atoms with Crippen molar-refractivity contribution in [2.24, 2.45) is 0 Å². The third kappa shape index (κ3) is 4.56. The number of hydrogen-bond donors (Lipinski definition) is 1. The van der Waals surface area contributed by atoms with Crippen molar-refractivity contribution in [3.8, 4) is 0 Å². The van der Waals surface area contributed by atoms with Crippen molar-refractivity contribution in [3.05, 3.63) is 60.7 Å². The summed E-state index contributed by atoms with van der Waals surface area (Å²) in [4.78, 5) is 13.3. The van der Waals surface area contributed by atoms with Gasteiger partial charge in [0.1, 0.15) is 0 Å². The molecule has 0 saturated heterocycles. The summed E-state index contributed by atoms with van der Waals surface area (Å²) in [5, 5.41) is 3.73. The van der Waals surface area contributed by atoms with Gasteiger partial charge in [0.15, 0.2) is 5.11 Å². The zero-order valence-electron chi connectivity index (χ0n) is 12.4. The van der Waals surface area contributed by atoms with Crippen LogP contribution in [0, 0.1) is 0 Å². The molecule has 0 atom stereocenters. The molecule has 5 heteroatoms. The predicted octanol–water partition coefficient (Wildman–Crippen LogP) is 3.45. The largest absolute Gasteiger partial charge is 0.469 e. The first kappa shape index (κ1) is 16.0. The van der Waals surface area contributed by atoms with Crippen LogP contribution in [0.5, 0.6) is 0 Å². The minimum absolute atomic E-state index is 0.261. The summed E-state index contributed by atoms with van der Waals surface area (Å²) in [5.74, 6) is -0.261. The average Bonchev–Trinajstić information content (AvgIpc) is 2.56. The van der Waals surface area contributed by atoms with Crippen molar-refractivity contribution in [2.75, 3.05) is 23.9 Å². The molecule has 22 heavy (non-hydrogen) atoms. The van der Waals surface area contributed by atoms with Crippen LogP contribution in [-0.2, 0) is 9.53 Å². The topological polar surface area (TPSA) is 41.6 Å². The summed E-state index contributed by atoms with van der Waals surface area (Å²) in [6.07, 6.45) is 0.266. The molecule has 0 aliphatic rings. The molecule has 4 nitrogen and oxygen atoms in total. The molecular weight excluding hydrogens is 296 g/mol. The fourth-order valence-electron chi connectivity index (χ4n) is 1.97. The van der Waals surface area contributed by atoms with Crippen LogP contribution in [0.15, 0.2) is 60.7 Å². The summed E-state index contributed by atoms with van der Waals surface area (Å²) in [6, 6.07) is 19.4. The lowest BCUT2D eigenvalue weighted by molar-refractivity contribution is -0.140. The highest BCUT2D eigenvalue weighted by molar-refractivity contribution is 7.80. The Labute approximate surface area is 135 Å². The Hall–Kier alpha value is -2.40. The number of anilines is 2. The van der Waals surface area contributed by atoms with Gasteiger partial charge in [0.05, 0.1) is 13.5 Å². The highest BCUT2D eigenvalue weighted by Crippen LogP contribution is 2.16. The van der Waals surface area contributed by atoms with E-state index in [1.54, 1.807) is 0 Å². The number of ether oxygens (including phenoxy) is 1. The minimum atomic E-state index is -0.261. The smallest absolute Gasteiger partial charge is 0.307 e. The summed E-state index contributed by atoms with van der Waals surface area (Å²) in [7, 11) is 1.38. The molecule has 0 bridgehead atoms. The summed E-state index contributed by atoms with van der Waals surface area (Å²) in [5.41, 5.74) is 1.84. The highest BCUT2D eigenvalue weighted by atomic mass is 32.1. The SMILES string of the molecule is COC(=O)CCN(C(=S)Nc1ccccc1)c1ccccc1. The number of nitrogens with zero attached hydrogens (tertiary/aromatic N) is 1. The number of esters is 1. The van der Waals surface area contributed by atoms with Crippen LogP contribution in [0.2, 0.25) is 0 Å². The van der Waals surface area contributed by atoms with Gasteiger partial charge in [-0.05, 0) is 36.5 Å². The van der Waals surface area contributed by atoms with E-state index >= 15 is 0 Å². The van der Waals surface area contributed by atoms with Crippen LogP contribution in [0.4, 0.5) is 11.4 Å². The van der Waals surface area contributed by atoms with Gasteiger partial charge in [0, 0.05) is 17.9 Å². The first-order chi connectivity index (χ1) is 10.7. The normalized spacial score (nSPS) is 9.86. The minimum Gasteiger partial charge on any atom is -0.469 e. The lowest BCUT2D eigenvalue weighted by Crippen LogP contribution is -2.36. The molecule has 114 valence electrons. The Morgan fingerprint density at radius 2 is 1.68 bits per heavy atom. The molecule has 0 heterocycles. The zero-order valence-corrected chi connectivity index (χ0v) is 13.2. The van der Waals surface area contributed by atoms with Gasteiger partial charge in [0.25, 0.3) is 0 Å². The fraction of sp³-hybridized carbons (Fsp3) is 0.176. The predicted molar refractivity (Wildman–Crippen MR) is 93.1 cm³/mol. The molecule has 0 aliphatic carbocycles. The highest BCUT2D eigenvalue weighted by Gasteiger charge is 2.14. The lowest BCUT2D eigenvalue weighted by Gasteiger charge is -2.25. The van der Waals surface area contributed by atoms with E-state index in [9.17, 15) is 4.79 Å². The molecule has 2 aromatic rings. The molecule has 2 rings (SSSR count). The molecular formula is C17H18N2O2S. The Morgan fingerprint density at radius 1 is 1.09 bits per heavy atom. The maximum Gasteiger partial charge on any atom is 0.307 e. The van der Waals surface area contributed by atoms with Gasteiger partial charge in [-0.3, -0.25) is 4.79 Å². The second kappa shape index (κ2) is 8.14. The van der Waals surface area contributed by atoms with Crippen LogP contribution >= 0.6 is 12.2 Å². The first-order valence-corrected chi connectivity index (χ1v) is 7.37. The molecule has 0 amide bonds. The number of benzene rings is 2. The maximum absolute atomic E-state index is 11.4. The standard InChI is InChI=1S/C17H18N2O2S/c1-21-16(20)12-13-19(15-10-6-3-7-11-15)17(22)18-14-8-4-2-5-9-14/h2-11H,12-13H2,1H3,(H,18,22). The molecule has 0 radical (unpaired) electrons. The van der Waals surface area contributed by atoms with Crippen LogP contribution in [-0.4, -0.2) is 24.7 Å². The van der Waals surface area contributed by atoms with Crippen molar-refractivity contribution >= 4 is 34.7 Å². The molecule has 2 aromatic carbocycles. The van der Waals surface area contributed by atoms with Gasteiger partial charge in [-0.15, -0.1) is 0 Å². The van der Waals surface area contributed by atoms with Crippen LogP contribution < -0.4 is 10.2 Å². The molecule has 0 unspecified atom stereocenters. The maximum atomic E-state index is 11.4. The van der Waals surface area contributed by atoms with Gasteiger partial charge < -0.3 is 15.0 Å². The molecule has 0 spiro atoms. The number of rotatable bonds is 5. The number of thiocarbonyl (C=S) groups is 1. The number of nitrogens with one attached hydrogen (secondary N) is 1. The third-order valence-corrected chi connectivity index (χ3v) is 3.43. The Balaban J connectivity index is 2.13. The Kier molecular flexibility index (Phi) is 5.91. The first-order valence-electron chi connectivity index (χ1n) is 6.96. The van der Waals surface area contributed by atoms with E-state index in [0.717, 1.165) is 11.4 Å². The Bertz CT molecular complexity index is 617. The zero-order chi connectivity index (χ0) is 15.8. The number of methoxy groups -OCH3 is 1. The van der Waals surface area contributed by atoms with E-state index in [-0.39, 0.29) is 12.4 Å². The third-order valence-electron chi connectivity index (χ3n) is 3.11. The molecule has 0 aliphatic heterocycles. The van der Waals surface area contributed by atoms with Crippen LogP contribution in [0.1, 0.15) is 6.42 Å². The second-order valence-electron chi connectivity index (χ2n) is 4.61. The van der Waals surface area contributed by atoms with Crippen LogP contribution in [0.3, 0.4) is 0 Å². The quantitative estimate of drug-likeness (QED) is 0.676. The van der Waals surface area contributed by atoms with Crippen molar-refractivity contribution in [2.45, 2.75) is 6.42 Å². The average molecular weight is 314 g/mol. The fourth-order valence-corrected chi connectivity index (χ4v) is 2.29. The van der Waals surface area contributed by atoms with Gasteiger partial charge >= 0.3 is 5.97 Å². The van der Waals surface area contributed by atoms with Crippen molar-refractivity contribution in [3.63, 3.8) is 0 Å². The lowest BCUT2D eigenvalue weighted by atomic mass is 10.2. The number of carbonyl (C=O) groups excluding carboxylic acids is 1. The molecule has 0 saturated carbocycles. The van der Waals surface area contributed by atoms with E-state index in [1.807, 2.05) is 65.6 Å². The monoisotopic (exact) mass is 314 g/mol. The van der Waals surface area contributed by atoms with Gasteiger partial charge in [-0.25, -0.2) is 0 Å². The number of para-hydroxylation sites is 2. The summed E-state index contributed by atoms with van der Waals surface area (Å²) >= 11 is 5.49. The van der Waals surface area contributed by atoms with Gasteiger partial charge in [-0.1, -0.05) is 36.4 Å². The van der Waals surface area contributed by atoms with Crippen molar-refractivity contribution < 1.29 is 9.53 Å². The van der Waals surface area contributed by atoms with Crippen molar-refractivity contribution in [1.82, 2.24) is 0 Å². The summed E-state index contributed by atoms with van der Waals surface area (Å²) < 4.78 is 4.71. The van der Waals surface area contributed by atoms with E-state index in [4.69, 9.17) is 17.0 Å². The second-order valence-corrected chi connectivity index (χ2v) is 5.00. The van der Waals surface area contributed by atoms with Crippen LogP contribution in [0.25, 0.3) is 0 Å². The van der Waals surface area contributed by atoms with E-state index < -0.39 is 0 Å². The molecule has 0 aromatic heterocycles. The summed E-state index contributed by atoms with van der Waals surface area (Å²) in [6.45, 7) is 0.454. The Morgan fingerprint density at radius 3 is 2.27 bits per heavy atom. The van der Waals surface area contributed by atoms with E-state index in [1.165, 1.54) is 7.11 Å². The molecule has 0 fully saturated rings. The number of hydrogen-bond acceptors (Lipinski definition) is 3. The van der Waals surface area contributed by atoms with Gasteiger partial charge in [-0.2, -0.15) is 0 Å². The van der Waals surface area contributed by atoms with E-state index in [2.05, 4.69) is 5.32 Å². The number of carbonyl (C=O) groups is 1.